The van der Waals surface area contributed by atoms with Crippen molar-refractivity contribution in [3.8, 4) is 6.07 Å². The van der Waals surface area contributed by atoms with Crippen LogP contribution in [0.5, 0.6) is 0 Å². The molecule has 1 N–H and O–H groups in total. The van der Waals surface area contributed by atoms with Gasteiger partial charge in [0.25, 0.3) is 0 Å². The molecular formula is C11H8ClN3S. The van der Waals surface area contributed by atoms with Gasteiger partial charge in [-0.1, -0.05) is 17.7 Å². The molecule has 1 aromatic heterocycles. The molecule has 0 saturated carbocycles. The van der Waals surface area contributed by atoms with Gasteiger partial charge in [-0.25, -0.2) is 4.98 Å². The molecule has 0 amide bonds. The van der Waals surface area contributed by atoms with E-state index in [0.29, 0.717) is 5.02 Å². The van der Waals surface area contributed by atoms with E-state index >= 15 is 0 Å². The van der Waals surface area contributed by atoms with E-state index < -0.39 is 6.04 Å². The fourth-order valence-electron chi connectivity index (χ4n) is 1.27. The van der Waals surface area contributed by atoms with E-state index in [0.717, 1.165) is 10.7 Å². The Kier molecular flexibility index (Phi) is 3.40. The number of rotatable bonds is 3. The Balaban J connectivity index is 2.17. The Labute approximate surface area is 102 Å². The van der Waals surface area contributed by atoms with E-state index in [2.05, 4.69) is 16.4 Å². The van der Waals surface area contributed by atoms with Crippen LogP contribution in [0.2, 0.25) is 5.02 Å². The first-order valence-electron chi connectivity index (χ1n) is 4.60. The summed E-state index contributed by atoms with van der Waals surface area (Å²) in [5.41, 5.74) is 0.814. The van der Waals surface area contributed by atoms with E-state index in [1.54, 1.807) is 18.3 Å². The largest absolute Gasteiger partial charge is 0.364 e. The molecule has 0 spiro atoms. The molecule has 1 atom stereocenters. The molecule has 16 heavy (non-hydrogen) atoms. The molecular weight excluding hydrogens is 242 g/mol. The number of anilines is 1. The number of benzene rings is 1. The van der Waals surface area contributed by atoms with Crippen LogP contribution in [0.25, 0.3) is 0 Å². The highest BCUT2D eigenvalue weighted by molar-refractivity contribution is 7.09. The lowest BCUT2D eigenvalue weighted by atomic mass is 10.2. The number of nitrogens with one attached hydrogen (secondary N) is 1. The predicted octanol–water partition coefficient (Wildman–Crippen LogP) is 3.47. The van der Waals surface area contributed by atoms with E-state index in [1.165, 1.54) is 11.3 Å². The van der Waals surface area contributed by atoms with Crippen LogP contribution < -0.4 is 5.32 Å². The summed E-state index contributed by atoms with van der Waals surface area (Å²) in [7, 11) is 0. The molecule has 1 heterocycles. The molecule has 2 aromatic rings. The number of hydrogen-bond acceptors (Lipinski definition) is 4. The van der Waals surface area contributed by atoms with Crippen LogP contribution in [-0.4, -0.2) is 4.98 Å². The second-order valence-corrected chi connectivity index (χ2v) is 4.45. The topological polar surface area (TPSA) is 48.7 Å². The lowest BCUT2D eigenvalue weighted by Gasteiger charge is -2.10. The van der Waals surface area contributed by atoms with E-state index in [4.69, 9.17) is 16.9 Å². The van der Waals surface area contributed by atoms with Crippen molar-refractivity contribution in [2.24, 2.45) is 0 Å². The van der Waals surface area contributed by atoms with Crippen LogP contribution in [0.1, 0.15) is 11.0 Å². The van der Waals surface area contributed by atoms with Crippen molar-refractivity contribution < 1.29 is 0 Å². The van der Waals surface area contributed by atoms with Crippen molar-refractivity contribution in [2.75, 3.05) is 5.32 Å². The van der Waals surface area contributed by atoms with Crippen LogP contribution in [0.3, 0.4) is 0 Å². The number of thiazole rings is 1. The molecule has 1 unspecified atom stereocenters. The summed E-state index contributed by atoms with van der Waals surface area (Å²) in [6.45, 7) is 0. The minimum atomic E-state index is -0.432. The molecule has 80 valence electrons. The van der Waals surface area contributed by atoms with Gasteiger partial charge in [0.2, 0.25) is 0 Å². The maximum atomic E-state index is 9.05. The second-order valence-electron chi connectivity index (χ2n) is 3.09. The van der Waals surface area contributed by atoms with Crippen LogP contribution in [-0.2, 0) is 0 Å². The Hall–Kier alpha value is -1.57. The average Bonchev–Trinajstić information content (AvgIpc) is 2.79. The van der Waals surface area contributed by atoms with Crippen LogP contribution in [0.4, 0.5) is 5.69 Å². The molecule has 2 rings (SSSR count). The van der Waals surface area contributed by atoms with Crippen molar-refractivity contribution in [3.63, 3.8) is 0 Å². The van der Waals surface area contributed by atoms with Gasteiger partial charge in [-0.3, -0.25) is 0 Å². The van der Waals surface area contributed by atoms with Crippen LogP contribution in [0, 0.1) is 11.3 Å². The highest BCUT2D eigenvalue weighted by Gasteiger charge is 2.12. The van der Waals surface area contributed by atoms with E-state index in [1.807, 2.05) is 17.5 Å². The predicted molar refractivity (Wildman–Crippen MR) is 65.5 cm³/mol. The summed E-state index contributed by atoms with van der Waals surface area (Å²) in [6, 6.07) is 9.00. The normalized spacial score (nSPS) is 11.8. The number of nitrogens with zero attached hydrogens (tertiary/aromatic N) is 2. The first-order valence-corrected chi connectivity index (χ1v) is 5.86. The molecule has 0 fully saturated rings. The monoisotopic (exact) mass is 249 g/mol. The van der Waals surface area contributed by atoms with Gasteiger partial charge < -0.3 is 5.32 Å². The molecule has 0 aliphatic rings. The van der Waals surface area contributed by atoms with Crippen LogP contribution in [0.15, 0.2) is 35.8 Å². The number of nitriles is 1. The van der Waals surface area contributed by atoms with Crippen molar-refractivity contribution >= 4 is 28.6 Å². The minimum absolute atomic E-state index is 0.432. The van der Waals surface area contributed by atoms with Gasteiger partial charge >= 0.3 is 0 Å². The van der Waals surface area contributed by atoms with E-state index in [-0.39, 0.29) is 0 Å². The molecule has 0 aliphatic carbocycles. The number of hydrogen-bond donors (Lipinski definition) is 1. The second kappa shape index (κ2) is 4.97. The SMILES string of the molecule is N#CC(Nc1cccc(Cl)c1)c1nccs1. The maximum Gasteiger partial charge on any atom is 0.166 e. The van der Waals surface area contributed by atoms with Gasteiger partial charge in [-0.15, -0.1) is 11.3 Å². The first-order chi connectivity index (χ1) is 7.79. The highest BCUT2D eigenvalue weighted by atomic mass is 35.5. The third kappa shape index (κ3) is 2.51. The molecule has 0 saturated heterocycles. The van der Waals surface area contributed by atoms with Crippen LogP contribution >= 0.6 is 22.9 Å². The Morgan fingerprint density at radius 1 is 1.50 bits per heavy atom. The van der Waals surface area contributed by atoms with E-state index in [9.17, 15) is 0 Å². The fraction of sp³-hybridized carbons (Fsp3) is 0.0909. The Morgan fingerprint density at radius 3 is 3.00 bits per heavy atom. The Bertz CT molecular complexity index is 504. The minimum Gasteiger partial charge on any atom is -0.364 e. The maximum absolute atomic E-state index is 9.05. The molecule has 1 aromatic carbocycles. The third-order valence-electron chi connectivity index (χ3n) is 1.96. The molecule has 3 nitrogen and oxygen atoms in total. The van der Waals surface area contributed by atoms with Gasteiger partial charge in [0.15, 0.2) is 6.04 Å². The quantitative estimate of drug-likeness (QED) is 0.906. The van der Waals surface area contributed by atoms with Gasteiger partial charge in [-0.05, 0) is 18.2 Å². The van der Waals surface area contributed by atoms with Gasteiger partial charge in [0.1, 0.15) is 5.01 Å². The van der Waals surface area contributed by atoms with Gasteiger partial charge in [0.05, 0.1) is 6.07 Å². The fourth-order valence-corrected chi connectivity index (χ4v) is 2.09. The third-order valence-corrected chi connectivity index (χ3v) is 3.04. The molecule has 0 bridgehead atoms. The summed E-state index contributed by atoms with van der Waals surface area (Å²) in [5.74, 6) is 0. The highest BCUT2D eigenvalue weighted by Crippen LogP contribution is 2.22. The number of aromatic nitrogens is 1. The lowest BCUT2D eigenvalue weighted by molar-refractivity contribution is 0.974. The summed E-state index contributed by atoms with van der Waals surface area (Å²) in [6.07, 6.45) is 1.68. The summed E-state index contributed by atoms with van der Waals surface area (Å²) in [5, 5.41) is 15.4. The zero-order valence-corrected chi connectivity index (χ0v) is 9.79. The van der Waals surface area contributed by atoms with Crippen molar-refractivity contribution in [1.29, 1.82) is 5.26 Å². The molecule has 0 radical (unpaired) electrons. The smallest absolute Gasteiger partial charge is 0.166 e. The summed E-state index contributed by atoms with van der Waals surface area (Å²) >= 11 is 7.31. The van der Waals surface area contributed by atoms with Gasteiger partial charge in [-0.2, -0.15) is 5.26 Å². The molecule has 5 heteroatoms. The first kappa shape index (κ1) is 10.9. The van der Waals surface area contributed by atoms with Gasteiger partial charge in [0, 0.05) is 22.3 Å². The summed E-state index contributed by atoms with van der Waals surface area (Å²) in [4.78, 5) is 4.11. The van der Waals surface area contributed by atoms with Crippen molar-refractivity contribution in [3.05, 3.63) is 45.9 Å². The zero-order chi connectivity index (χ0) is 11.4. The lowest BCUT2D eigenvalue weighted by Crippen LogP contribution is -2.07. The zero-order valence-electron chi connectivity index (χ0n) is 8.22. The summed E-state index contributed by atoms with van der Waals surface area (Å²) < 4.78 is 0. The standard InChI is InChI=1S/C11H8ClN3S/c12-8-2-1-3-9(6-8)15-10(7-13)11-14-4-5-16-11/h1-6,10,15H. The van der Waals surface area contributed by atoms with Crippen molar-refractivity contribution in [2.45, 2.75) is 6.04 Å². The number of halogens is 1. The average molecular weight is 250 g/mol. The Morgan fingerprint density at radius 2 is 2.38 bits per heavy atom. The molecule has 0 aliphatic heterocycles. The van der Waals surface area contributed by atoms with Crippen molar-refractivity contribution in [1.82, 2.24) is 4.98 Å².